The Morgan fingerprint density at radius 3 is 2.71 bits per heavy atom. The van der Waals surface area contributed by atoms with Crippen LogP contribution in [-0.4, -0.2) is 36.0 Å². The molecule has 3 rings (SSSR count). The summed E-state index contributed by atoms with van der Waals surface area (Å²) in [6, 6.07) is 9.80. The van der Waals surface area contributed by atoms with E-state index in [0.29, 0.717) is 33.9 Å². The molecule has 1 aromatic heterocycles. The van der Waals surface area contributed by atoms with Crippen LogP contribution < -0.4 is 10.6 Å². The molecule has 0 aliphatic carbocycles. The number of ether oxygens (including phenoxy) is 1. The summed E-state index contributed by atoms with van der Waals surface area (Å²) >= 11 is 1.36. The number of rotatable bonds is 8. The number of nitrogens with zero attached hydrogens (tertiary/aromatic N) is 1. The van der Waals surface area contributed by atoms with E-state index in [9.17, 15) is 14.4 Å². The lowest BCUT2D eigenvalue weighted by atomic mass is 9.94. The third-order valence-electron chi connectivity index (χ3n) is 5.05. The number of unbranched alkanes of at least 4 members (excludes halogenated alkanes) is 1. The minimum atomic E-state index is -0.664. The van der Waals surface area contributed by atoms with Crippen molar-refractivity contribution in [3.8, 4) is 0 Å². The molecule has 31 heavy (non-hydrogen) atoms. The average Bonchev–Trinajstić information content (AvgIpc) is 3.28. The van der Waals surface area contributed by atoms with Crippen LogP contribution in [0.2, 0.25) is 0 Å². The van der Waals surface area contributed by atoms with Gasteiger partial charge in [0.05, 0.1) is 23.1 Å². The zero-order valence-electron chi connectivity index (χ0n) is 17.9. The third kappa shape index (κ3) is 5.14. The van der Waals surface area contributed by atoms with Gasteiger partial charge in [-0.3, -0.25) is 9.69 Å². The lowest BCUT2D eigenvalue weighted by Gasteiger charge is -2.35. The first kappa shape index (κ1) is 22.6. The minimum absolute atomic E-state index is 0.206. The quantitative estimate of drug-likeness (QED) is 0.581. The molecule has 2 aromatic rings. The lowest BCUT2D eigenvalue weighted by Crippen LogP contribution is -2.48. The normalized spacial score (nSPS) is 16.2. The maximum absolute atomic E-state index is 12.8. The number of urea groups is 1. The summed E-state index contributed by atoms with van der Waals surface area (Å²) in [5.74, 6) is -0.664. The van der Waals surface area contributed by atoms with Crippen LogP contribution in [0.15, 0.2) is 53.0 Å². The highest BCUT2D eigenvalue weighted by atomic mass is 32.1. The van der Waals surface area contributed by atoms with Gasteiger partial charge < -0.3 is 15.4 Å². The fraction of sp³-hybridized carbons (Fsp3) is 0.348. The third-order valence-corrected chi connectivity index (χ3v) is 5.92. The summed E-state index contributed by atoms with van der Waals surface area (Å²) < 4.78 is 5.29. The highest BCUT2D eigenvalue weighted by Gasteiger charge is 2.36. The van der Waals surface area contributed by atoms with E-state index in [1.807, 2.05) is 24.4 Å². The summed E-state index contributed by atoms with van der Waals surface area (Å²) in [5, 5.41) is 7.65. The number of benzene rings is 1. The van der Waals surface area contributed by atoms with Crippen LogP contribution in [0, 0.1) is 0 Å². The molecule has 2 N–H and O–H groups in total. The Morgan fingerprint density at radius 1 is 1.23 bits per heavy atom. The van der Waals surface area contributed by atoms with E-state index in [1.165, 1.54) is 11.3 Å². The van der Waals surface area contributed by atoms with Crippen molar-refractivity contribution in [3.63, 3.8) is 0 Å². The van der Waals surface area contributed by atoms with Crippen LogP contribution in [0.4, 0.5) is 10.5 Å². The van der Waals surface area contributed by atoms with E-state index in [4.69, 9.17) is 4.74 Å². The highest BCUT2D eigenvalue weighted by Crippen LogP contribution is 2.32. The molecule has 1 aliphatic heterocycles. The van der Waals surface area contributed by atoms with Gasteiger partial charge in [-0.2, -0.15) is 0 Å². The number of nitrogens with one attached hydrogen (secondary N) is 2. The molecule has 0 fully saturated rings. The Balaban J connectivity index is 1.93. The fourth-order valence-corrected chi connectivity index (χ4v) is 4.11. The van der Waals surface area contributed by atoms with Gasteiger partial charge in [0.2, 0.25) is 0 Å². The van der Waals surface area contributed by atoms with Crippen molar-refractivity contribution in [2.24, 2.45) is 0 Å². The maximum Gasteiger partial charge on any atom is 0.338 e. The molecule has 1 atom stereocenters. The van der Waals surface area contributed by atoms with Crippen molar-refractivity contribution in [1.82, 2.24) is 10.2 Å². The first-order chi connectivity index (χ1) is 15.0. The van der Waals surface area contributed by atoms with Gasteiger partial charge in [-0.15, -0.1) is 11.3 Å². The number of carbonyl (C=O) groups is 3. The molecule has 0 radical (unpaired) electrons. The van der Waals surface area contributed by atoms with Crippen molar-refractivity contribution in [2.45, 2.75) is 39.7 Å². The summed E-state index contributed by atoms with van der Waals surface area (Å²) in [5.41, 5.74) is 2.27. The van der Waals surface area contributed by atoms with E-state index in [2.05, 4.69) is 10.6 Å². The van der Waals surface area contributed by atoms with Gasteiger partial charge in [0.15, 0.2) is 0 Å². The Hall–Kier alpha value is -3.13. The first-order valence-corrected chi connectivity index (χ1v) is 11.2. The van der Waals surface area contributed by atoms with E-state index in [0.717, 1.165) is 12.8 Å². The Morgan fingerprint density at radius 2 is 2.03 bits per heavy atom. The zero-order valence-corrected chi connectivity index (χ0v) is 18.8. The molecule has 1 unspecified atom stereocenters. The Bertz CT molecular complexity index is 984. The number of anilines is 1. The van der Waals surface area contributed by atoms with E-state index < -0.39 is 12.0 Å². The fourth-order valence-electron chi connectivity index (χ4n) is 3.49. The van der Waals surface area contributed by atoms with Crippen LogP contribution in [0.1, 0.15) is 54.9 Å². The van der Waals surface area contributed by atoms with Crippen LogP contribution in [0.5, 0.6) is 0 Å². The smallest absolute Gasteiger partial charge is 0.338 e. The molecule has 8 heteroatoms. The van der Waals surface area contributed by atoms with Crippen LogP contribution in [-0.2, 0) is 9.53 Å². The molecule has 1 aromatic carbocycles. The second-order valence-electron chi connectivity index (χ2n) is 7.16. The lowest BCUT2D eigenvalue weighted by molar-refractivity contribution is -0.139. The summed E-state index contributed by atoms with van der Waals surface area (Å²) in [7, 11) is 0. The molecular weight excluding hydrogens is 414 g/mol. The number of amides is 3. The molecule has 0 saturated carbocycles. The van der Waals surface area contributed by atoms with Crippen LogP contribution in [0.3, 0.4) is 0 Å². The molecule has 7 nitrogen and oxygen atoms in total. The predicted octanol–water partition coefficient (Wildman–Crippen LogP) is 4.70. The number of hydrogen-bond donors (Lipinski definition) is 2. The van der Waals surface area contributed by atoms with Gasteiger partial charge in [-0.25, -0.2) is 9.59 Å². The van der Waals surface area contributed by atoms with Gasteiger partial charge in [0, 0.05) is 17.9 Å². The average molecular weight is 442 g/mol. The SMILES string of the molecule is CCCCN1C(=O)NC(c2cccc(NC(=O)c3cccs3)c2)C(C(=O)OCC)=C1C. The van der Waals surface area contributed by atoms with Gasteiger partial charge in [0.1, 0.15) is 0 Å². The molecule has 0 bridgehead atoms. The molecule has 2 heterocycles. The molecule has 1 aliphatic rings. The van der Waals surface area contributed by atoms with Crippen molar-refractivity contribution in [3.05, 3.63) is 63.5 Å². The van der Waals surface area contributed by atoms with Gasteiger partial charge >= 0.3 is 12.0 Å². The maximum atomic E-state index is 12.8. The van der Waals surface area contributed by atoms with Gasteiger partial charge in [-0.1, -0.05) is 31.5 Å². The second-order valence-corrected chi connectivity index (χ2v) is 8.11. The Kier molecular flexibility index (Phi) is 7.46. The van der Waals surface area contributed by atoms with Crippen LogP contribution >= 0.6 is 11.3 Å². The van der Waals surface area contributed by atoms with E-state index >= 15 is 0 Å². The number of thiophene rings is 1. The zero-order chi connectivity index (χ0) is 22.4. The van der Waals surface area contributed by atoms with Crippen molar-refractivity contribution >= 4 is 34.9 Å². The number of carbonyl (C=O) groups excluding carboxylic acids is 3. The molecule has 3 amide bonds. The topological polar surface area (TPSA) is 87.7 Å². The molecular formula is C23H27N3O4S. The van der Waals surface area contributed by atoms with Crippen molar-refractivity contribution in [2.75, 3.05) is 18.5 Å². The summed E-state index contributed by atoms with van der Waals surface area (Å²) in [4.78, 5) is 40.2. The standard InChI is InChI=1S/C23H27N3O4S/c1-4-6-12-26-15(3)19(22(28)30-5-2)20(25-23(26)29)16-9-7-10-17(14-16)24-21(27)18-11-8-13-31-18/h7-11,13-14,20H,4-6,12H2,1-3H3,(H,24,27)(H,25,29). The number of allylic oxidation sites excluding steroid dienone is 1. The first-order valence-electron chi connectivity index (χ1n) is 10.4. The summed E-state index contributed by atoms with van der Waals surface area (Å²) in [6.45, 7) is 6.34. The second kappa shape index (κ2) is 10.3. The monoisotopic (exact) mass is 441 g/mol. The minimum Gasteiger partial charge on any atom is -0.463 e. The summed E-state index contributed by atoms with van der Waals surface area (Å²) in [6.07, 6.45) is 1.76. The molecule has 164 valence electrons. The molecule has 0 spiro atoms. The van der Waals surface area contributed by atoms with Crippen LogP contribution in [0.25, 0.3) is 0 Å². The highest BCUT2D eigenvalue weighted by molar-refractivity contribution is 7.12. The van der Waals surface area contributed by atoms with E-state index in [1.54, 1.807) is 43.0 Å². The van der Waals surface area contributed by atoms with E-state index in [-0.39, 0.29) is 18.5 Å². The largest absolute Gasteiger partial charge is 0.463 e. The molecule has 0 saturated heterocycles. The van der Waals surface area contributed by atoms with Crippen molar-refractivity contribution < 1.29 is 19.1 Å². The Labute approximate surface area is 186 Å². The van der Waals surface area contributed by atoms with Gasteiger partial charge in [-0.05, 0) is 49.4 Å². The predicted molar refractivity (Wildman–Crippen MR) is 121 cm³/mol. The number of esters is 1. The van der Waals surface area contributed by atoms with Gasteiger partial charge in [0.25, 0.3) is 5.91 Å². The number of hydrogen-bond acceptors (Lipinski definition) is 5. The van der Waals surface area contributed by atoms with Crippen molar-refractivity contribution in [1.29, 1.82) is 0 Å².